The summed E-state index contributed by atoms with van der Waals surface area (Å²) in [5.74, 6) is 0. The largest absolute Gasteiger partial charge is 0.370 e. The van der Waals surface area contributed by atoms with Gasteiger partial charge in [-0.15, -0.1) is 0 Å². The Morgan fingerprint density at radius 1 is 1.47 bits per heavy atom. The van der Waals surface area contributed by atoms with Crippen LogP contribution >= 0.6 is 0 Å². The van der Waals surface area contributed by atoms with Crippen molar-refractivity contribution in [1.29, 1.82) is 0 Å². The number of rotatable bonds is 4. The molecule has 0 aromatic heterocycles. The van der Waals surface area contributed by atoms with Crippen LogP contribution in [-0.4, -0.2) is 43.0 Å². The Kier molecular flexibility index (Phi) is 4.63. The summed E-state index contributed by atoms with van der Waals surface area (Å²) in [7, 11) is 4.31. The van der Waals surface area contributed by atoms with Crippen LogP contribution in [0.2, 0.25) is 0 Å². The maximum Gasteiger partial charge on any atom is 0.0363 e. The van der Waals surface area contributed by atoms with Crippen molar-refractivity contribution in [3.8, 4) is 0 Å². The summed E-state index contributed by atoms with van der Waals surface area (Å²) in [5.41, 5.74) is 1.27. The van der Waals surface area contributed by atoms with Gasteiger partial charge in [0.2, 0.25) is 0 Å². The van der Waals surface area contributed by atoms with E-state index in [1.165, 1.54) is 12.1 Å². The molecule has 2 nitrogen and oxygen atoms in total. The van der Waals surface area contributed by atoms with Gasteiger partial charge < -0.3 is 9.80 Å². The molecule has 1 saturated heterocycles. The van der Waals surface area contributed by atoms with Crippen molar-refractivity contribution in [1.82, 2.24) is 9.80 Å². The Balaban J connectivity index is 2.65. The van der Waals surface area contributed by atoms with E-state index in [2.05, 4.69) is 55.6 Å². The summed E-state index contributed by atoms with van der Waals surface area (Å²) >= 11 is 0. The van der Waals surface area contributed by atoms with Crippen LogP contribution < -0.4 is 0 Å². The van der Waals surface area contributed by atoms with Crippen LogP contribution in [0.4, 0.5) is 0 Å². The van der Waals surface area contributed by atoms with Gasteiger partial charge in [-0.3, -0.25) is 0 Å². The van der Waals surface area contributed by atoms with Crippen LogP contribution in [-0.2, 0) is 0 Å². The Morgan fingerprint density at radius 3 is 2.67 bits per heavy atom. The summed E-state index contributed by atoms with van der Waals surface area (Å²) in [6.45, 7) is 8.08. The van der Waals surface area contributed by atoms with Crippen molar-refractivity contribution >= 4 is 0 Å². The van der Waals surface area contributed by atoms with Crippen molar-refractivity contribution < 1.29 is 0 Å². The number of likely N-dealkylation sites (N-methyl/N-ethyl adjacent to an activating group) is 1. The zero-order valence-corrected chi connectivity index (χ0v) is 10.1. The van der Waals surface area contributed by atoms with Gasteiger partial charge in [-0.25, -0.2) is 0 Å². The van der Waals surface area contributed by atoms with Gasteiger partial charge in [0.05, 0.1) is 0 Å². The lowest BCUT2D eigenvalue weighted by Crippen LogP contribution is -2.31. The van der Waals surface area contributed by atoms with E-state index >= 15 is 0 Å². The van der Waals surface area contributed by atoms with E-state index in [0.29, 0.717) is 6.04 Å². The van der Waals surface area contributed by atoms with E-state index in [1.54, 1.807) is 0 Å². The molecule has 1 fully saturated rings. The van der Waals surface area contributed by atoms with Crippen molar-refractivity contribution in [2.24, 2.45) is 0 Å². The molecule has 1 aliphatic rings. The van der Waals surface area contributed by atoms with E-state index in [1.807, 2.05) is 6.08 Å². The van der Waals surface area contributed by atoms with Gasteiger partial charge in [-0.1, -0.05) is 18.7 Å². The van der Waals surface area contributed by atoms with Crippen LogP contribution in [0.1, 0.15) is 13.3 Å². The van der Waals surface area contributed by atoms with E-state index in [-0.39, 0.29) is 0 Å². The van der Waals surface area contributed by atoms with Crippen molar-refractivity contribution in [2.45, 2.75) is 19.4 Å². The molecule has 0 aromatic rings. The SMILES string of the molecule is C=C/C=C(\C=C/C)N1CCC(N(C)C)C1. The first-order valence-electron chi connectivity index (χ1n) is 5.55. The van der Waals surface area contributed by atoms with Crippen LogP contribution in [0.5, 0.6) is 0 Å². The first kappa shape index (κ1) is 12.1. The molecule has 84 valence electrons. The molecule has 0 saturated carbocycles. The van der Waals surface area contributed by atoms with Gasteiger partial charge in [-0.05, 0) is 39.6 Å². The molecule has 0 aliphatic carbocycles. The number of nitrogens with zero attached hydrogens (tertiary/aromatic N) is 2. The maximum absolute atomic E-state index is 3.76. The minimum absolute atomic E-state index is 0.684. The molecule has 0 amide bonds. The zero-order valence-electron chi connectivity index (χ0n) is 10.1. The van der Waals surface area contributed by atoms with E-state index in [9.17, 15) is 0 Å². The Morgan fingerprint density at radius 2 is 2.20 bits per heavy atom. The second-order valence-corrected chi connectivity index (χ2v) is 4.18. The van der Waals surface area contributed by atoms with Gasteiger partial charge in [0.1, 0.15) is 0 Å². The van der Waals surface area contributed by atoms with Crippen molar-refractivity contribution in [3.05, 3.63) is 36.6 Å². The van der Waals surface area contributed by atoms with Crippen LogP contribution in [0.15, 0.2) is 36.6 Å². The Bertz CT molecular complexity index is 264. The molecular weight excluding hydrogens is 184 g/mol. The quantitative estimate of drug-likeness (QED) is 0.651. The highest BCUT2D eigenvalue weighted by Gasteiger charge is 2.23. The van der Waals surface area contributed by atoms with E-state index in [0.717, 1.165) is 13.1 Å². The van der Waals surface area contributed by atoms with Crippen molar-refractivity contribution in [2.75, 3.05) is 27.2 Å². The topological polar surface area (TPSA) is 6.48 Å². The van der Waals surface area contributed by atoms with Crippen LogP contribution in [0.3, 0.4) is 0 Å². The molecule has 1 heterocycles. The highest BCUT2D eigenvalue weighted by molar-refractivity contribution is 5.22. The van der Waals surface area contributed by atoms with E-state index in [4.69, 9.17) is 0 Å². The second-order valence-electron chi connectivity index (χ2n) is 4.18. The van der Waals surface area contributed by atoms with Gasteiger partial charge in [-0.2, -0.15) is 0 Å². The molecule has 1 aliphatic heterocycles. The second kappa shape index (κ2) is 5.76. The highest BCUT2D eigenvalue weighted by Crippen LogP contribution is 2.18. The lowest BCUT2D eigenvalue weighted by Gasteiger charge is -2.22. The molecule has 0 spiro atoms. The fraction of sp³-hybridized carbons (Fsp3) is 0.538. The van der Waals surface area contributed by atoms with Gasteiger partial charge >= 0.3 is 0 Å². The number of likely N-dealkylation sites (tertiary alicyclic amines) is 1. The monoisotopic (exact) mass is 206 g/mol. The van der Waals surface area contributed by atoms with Crippen LogP contribution in [0.25, 0.3) is 0 Å². The standard InChI is InChI=1S/C13H22N2/c1-5-7-12(8-6-2)15-10-9-13(11-15)14(3)4/h5-8,13H,1,9-11H2,2-4H3/b8-6-,12-7+. The summed E-state index contributed by atoms with van der Waals surface area (Å²) in [5, 5.41) is 0. The molecule has 0 radical (unpaired) electrons. The smallest absolute Gasteiger partial charge is 0.0363 e. The molecule has 1 rings (SSSR count). The third-order valence-electron chi connectivity index (χ3n) is 2.88. The average molecular weight is 206 g/mol. The summed E-state index contributed by atoms with van der Waals surface area (Å²) in [4.78, 5) is 4.73. The zero-order chi connectivity index (χ0) is 11.3. The minimum atomic E-state index is 0.684. The number of allylic oxidation sites excluding steroid dienone is 4. The highest BCUT2D eigenvalue weighted by atomic mass is 15.2. The number of hydrogen-bond acceptors (Lipinski definition) is 2. The van der Waals surface area contributed by atoms with E-state index < -0.39 is 0 Å². The summed E-state index contributed by atoms with van der Waals surface area (Å²) < 4.78 is 0. The van der Waals surface area contributed by atoms with Crippen LogP contribution in [0, 0.1) is 0 Å². The lowest BCUT2D eigenvalue weighted by atomic mass is 10.2. The molecule has 2 heteroatoms. The molecule has 0 N–H and O–H groups in total. The molecule has 1 atom stereocenters. The minimum Gasteiger partial charge on any atom is -0.370 e. The van der Waals surface area contributed by atoms with Crippen molar-refractivity contribution in [3.63, 3.8) is 0 Å². The Labute approximate surface area is 93.6 Å². The number of hydrogen-bond donors (Lipinski definition) is 0. The summed E-state index contributed by atoms with van der Waals surface area (Å²) in [6, 6.07) is 0.684. The fourth-order valence-electron chi connectivity index (χ4n) is 1.96. The Hall–Kier alpha value is -1.02. The van der Waals surface area contributed by atoms with Gasteiger partial charge in [0.15, 0.2) is 0 Å². The average Bonchev–Trinajstić information content (AvgIpc) is 2.66. The molecule has 0 bridgehead atoms. The summed E-state index contributed by atoms with van der Waals surface area (Å²) in [6.07, 6.45) is 9.42. The fourth-order valence-corrected chi connectivity index (χ4v) is 1.96. The first-order valence-corrected chi connectivity index (χ1v) is 5.55. The molecule has 15 heavy (non-hydrogen) atoms. The maximum atomic E-state index is 3.76. The predicted molar refractivity (Wildman–Crippen MR) is 66.8 cm³/mol. The molecule has 0 aromatic carbocycles. The lowest BCUT2D eigenvalue weighted by molar-refractivity contribution is 0.292. The molecule has 1 unspecified atom stereocenters. The third-order valence-corrected chi connectivity index (χ3v) is 2.88. The molecular formula is C13H22N2. The normalized spacial score (nSPS) is 23.1. The predicted octanol–water partition coefficient (Wildman–Crippen LogP) is 2.27. The van der Waals surface area contributed by atoms with Gasteiger partial charge in [0, 0.05) is 24.8 Å². The van der Waals surface area contributed by atoms with Gasteiger partial charge in [0.25, 0.3) is 0 Å². The first-order chi connectivity index (χ1) is 7.19. The third kappa shape index (κ3) is 3.24.